The molecule has 1 aromatic rings. The summed E-state index contributed by atoms with van der Waals surface area (Å²) in [6.45, 7) is 6.98. The maximum absolute atomic E-state index is 12.5. The summed E-state index contributed by atoms with van der Waals surface area (Å²) in [5.74, 6) is 2.34. The molecule has 2 unspecified atom stereocenters. The minimum Gasteiger partial charge on any atom is -0.459 e. The van der Waals surface area contributed by atoms with Gasteiger partial charge in [-0.3, -0.25) is 0 Å². The molecule has 166 valence electrons. The van der Waals surface area contributed by atoms with Gasteiger partial charge >= 0.3 is 5.97 Å². The second-order valence-electron chi connectivity index (χ2n) is 9.77. The monoisotopic (exact) mass is 410 g/mol. The Morgan fingerprint density at radius 3 is 2.37 bits per heavy atom. The molecule has 0 spiro atoms. The van der Waals surface area contributed by atoms with E-state index < -0.39 is 0 Å². The Labute approximate surface area is 184 Å². The predicted molar refractivity (Wildman–Crippen MR) is 127 cm³/mol. The number of carbonyl (C=O) groups excluding carboxylic acids is 1. The third kappa shape index (κ3) is 6.46. The number of unbranched alkanes of at least 4 members (excludes halogenated alkanes) is 2. The summed E-state index contributed by atoms with van der Waals surface area (Å²) in [6.07, 6.45) is 17.3. The van der Waals surface area contributed by atoms with Crippen molar-refractivity contribution in [3.05, 3.63) is 41.5 Å². The van der Waals surface area contributed by atoms with E-state index >= 15 is 0 Å². The molecular formula is C28H42O2. The van der Waals surface area contributed by atoms with E-state index in [0.29, 0.717) is 5.56 Å². The van der Waals surface area contributed by atoms with Crippen molar-refractivity contribution in [2.75, 3.05) is 0 Å². The molecule has 2 nitrogen and oxygen atoms in total. The molecule has 1 saturated carbocycles. The quantitative estimate of drug-likeness (QED) is 0.303. The Morgan fingerprint density at radius 2 is 1.77 bits per heavy atom. The van der Waals surface area contributed by atoms with E-state index in [-0.39, 0.29) is 12.1 Å². The van der Waals surface area contributed by atoms with Crippen LogP contribution in [0.2, 0.25) is 0 Å². The summed E-state index contributed by atoms with van der Waals surface area (Å²) in [7, 11) is 0. The minimum absolute atomic E-state index is 0.109. The fraction of sp³-hybridized carbons (Fsp3) is 0.679. The van der Waals surface area contributed by atoms with E-state index in [1.807, 2.05) is 12.1 Å². The Bertz CT molecular complexity index is 679. The molecule has 0 aromatic heterocycles. The molecular weight excluding hydrogens is 368 g/mol. The fourth-order valence-electron chi connectivity index (χ4n) is 5.28. The molecule has 0 aliphatic heterocycles. The smallest absolute Gasteiger partial charge is 0.338 e. The molecule has 2 aliphatic rings. The average Bonchev–Trinajstić information content (AvgIpc) is 2.80. The molecule has 0 bridgehead atoms. The van der Waals surface area contributed by atoms with Crippen LogP contribution in [0.15, 0.2) is 30.3 Å². The van der Waals surface area contributed by atoms with Gasteiger partial charge in [0.25, 0.3) is 0 Å². The second kappa shape index (κ2) is 11.7. The summed E-state index contributed by atoms with van der Waals surface area (Å²) < 4.78 is 5.78. The first-order valence-corrected chi connectivity index (χ1v) is 12.6. The highest BCUT2D eigenvalue weighted by Crippen LogP contribution is 2.36. The predicted octanol–water partition coefficient (Wildman–Crippen LogP) is 8.21. The Balaban J connectivity index is 1.49. The molecule has 0 saturated heterocycles. The summed E-state index contributed by atoms with van der Waals surface area (Å²) >= 11 is 0. The number of esters is 1. The molecule has 0 radical (unpaired) electrons. The van der Waals surface area contributed by atoms with E-state index in [2.05, 4.69) is 39.0 Å². The van der Waals surface area contributed by atoms with Crippen LogP contribution in [-0.4, -0.2) is 12.1 Å². The van der Waals surface area contributed by atoms with Gasteiger partial charge in [0, 0.05) is 0 Å². The topological polar surface area (TPSA) is 26.3 Å². The van der Waals surface area contributed by atoms with Crippen LogP contribution in [0.5, 0.6) is 0 Å². The number of benzene rings is 1. The zero-order chi connectivity index (χ0) is 21.3. The van der Waals surface area contributed by atoms with Crippen LogP contribution in [0.1, 0.15) is 114 Å². The van der Waals surface area contributed by atoms with Gasteiger partial charge in [-0.1, -0.05) is 71.1 Å². The molecule has 0 amide bonds. The lowest BCUT2D eigenvalue weighted by Crippen LogP contribution is -2.24. The third-order valence-corrected chi connectivity index (χ3v) is 7.66. The summed E-state index contributed by atoms with van der Waals surface area (Å²) in [5, 5.41) is 0. The maximum Gasteiger partial charge on any atom is 0.338 e. The van der Waals surface area contributed by atoms with E-state index in [9.17, 15) is 4.79 Å². The maximum atomic E-state index is 12.5. The highest BCUT2D eigenvalue weighted by Gasteiger charge is 2.24. The van der Waals surface area contributed by atoms with Crippen molar-refractivity contribution in [2.24, 2.45) is 17.8 Å². The fourth-order valence-corrected chi connectivity index (χ4v) is 5.28. The van der Waals surface area contributed by atoms with Crippen LogP contribution in [0.25, 0.3) is 5.57 Å². The lowest BCUT2D eigenvalue weighted by atomic mass is 9.78. The molecule has 2 atom stereocenters. The first-order chi connectivity index (χ1) is 14.6. The zero-order valence-electron chi connectivity index (χ0n) is 19.5. The van der Waals surface area contributed by atoms with Crippen LogP contribution < -0.4 is 0 Å². The van der Waals surface area contributed by atoms with Gasteiger partial charge in [-0.05, 0) is 86.0 Å². The zero-order valence-corrected chi connectivity index (χ0v) is 19.5. The summed E-state index contributed by atoms with van der Waals surface area (Å²) in [4.78, 5) is 12.5. The molecule has 30 heavy (non-hydrogen) atoms. The summed E-state index contributed by atoms with van der Waals surface area (Å²) in [5.41, 5.74) is 3.41. The average molecular weight is 411 g/mol. The van der Waals surface area contributed by atoms with Crippen molar-refractivity contribution in [3.63, 3.8) is 0 Å². The van der Waals surface area contributed by atoms with Gasteiger partial charge in [0.15, 0.2) is 0 Å². The SMILES string of the molecule is CCCCCC(C)C1CC=C(c2ccc(C(=O)OC3CCC(CC)CC3)cc2)CC1. The van der Waals surface area contributed by atoms with Crippen LogP contribution >= 0.6 is 0 Å². The minimum atomic E-state index is -0.153. The molecule has 0 heterocycles. The first kappa shape index (κ1) is 23.1. The number of hydrogen-bond acceptors (Lipinski definition) is 2. The molecule has 2 aliphatic carbocycles. The number of hydrogen-bond donors (Lipinski definition) is 0. The van der Waals surface area contributed by atoms with Crippen molar-refractivity contribution >= 4 is 11.5 Å². The van der Waals surface area contributed by atoms with Crippen LogP contribution in [0.3, 0.4) is 0 Å². The van der Waals surface area contributed by atoms with Gasteiger partial charge < -0.3 is 4.74 Å². The van der Waals surface area contributed by atoms with E-state index in [1.54, 1.807) is 0 Å². The molecule has 2 heteroatoms. The highest BCUT2D eigenvalue weighted by atomic mass is 16.5. The number of ether oxygens (including phenoxy) is 1. The third-order valence-electron chi connectivity index (χ3n) is 7.66. The molecule has 0 N–H and O–H groups in total. The van der Waals surface area contributed by atoms with E-state index in [1.165, 1.54) is 68.9 Å². The molecule has 3 rings (SSSR count). The Kier molecular flexibility index (Phi) is 9.03. The Hall–Kier alpha value is -1.57. The Morgan fingerprint density at radius 1 is 1.03 bits per heavy atom. The van der Waals surface area contributed by atoms with Gasteiger partial charge in [-0.15, -0.1) is 0 Å². The highest BCUT2D eigenvalue weighted by molar-refractivity contribution is 5.90. The van der Waals surface area contributed by atoms with Gasteiger partial charge in [0.2, 0.25) is 0 Å². The number of carbonyl (C=O) groups is 1. The van der Waals surface area contributed by atoms with Gasteiger partial charge in [-0.2, -0.15) is 0 Å². The van der Waals surface area contributed by atoms with E-state index in [0.717, 1.165) is 37.0 Å². The van der Waals surface area contributed by atoms with Crippen molar-refractivity contribution in [2.45, 2.75) is 104 Å². The van der Waals surface area contributed by atoms with Crippen LogP contribution in [0, 0.1) is 17.8 Å². The number of allylic oxidation sites excluding steroid dienone is 2. The lowest BCUT2D eigenvalue weighted by molar-refractivity contribution is 0.0164. The first-order valence-electron chi connectivity index (χ1n) is 12.6. The van der Waals surface area contributed by atoms with Crippen LogP contribution in [0.4, 0.5) is 0 Å². The lowest BCUT2D eigenvalue weighted by Gasteiger charge is -2.28. The number of rotatable bonds is 9. The van der Waals surface area contributed by atoms with Crippen LogP contribution in [-0.2, 0) is 4.74 Å². The molecule has 1 aromatic carbocycles. The van der Waals surface area contributed by atoms with Crippen molar-refractivity contribution in [1.82, 2.24) is 0 Å². The van der Waals surface area contributed by atoms with Gasteiger partial charge in [0.05, 0.1) is 5.56 Å². The van der Waals surface area contributed by atoms with Crippen molar-refractivity contribution < 1.29 is 9.53 Å². The largest absolute Gasteiger partial charge is 0.459 e. The second-order valence-corrected chi connectivity index (χ2v) is 9.77. The summed E-state index contributed by atoms with van der Waals surface area (Å²) in [6, 6.07) is 8.13. The van der Waals surface area contributed by atoms with Gasteiger partial charge in [0.1, 0.15) is 6.10 Å². The van der Waals surface area contributed by atoms with Crippen molar-refractivity contribution in [1.29, 1.82) is 0 Å². The standard InChI is InChI=1S/C28H42O2/c1-4-6-7-8-21(3)23-11-13-24(14-12-23)25-15-17-26(18-16-25)28(29)30-27-19-9-22(5-2)10-20-27/h13,15-18,21-23,27H,4-12,14,19-20H2,1-3H3. The van der Waals surface area contributed by atoms with Gasteiger partial charge in [-0.25, -0.2) is 4.79 Å². The molecule has 1 fully saturated rings. The van der Waals surface area contributed by atoms with E-state index in [4.69, 9.17) is 4.74 Å². The normalized spacial score (nSPS) is 25.4. The van der Waals surface area contributed by atoms with Crippen molar-refractivity contribution in [3.8, 4) is 0 Å².